The first kappa shape index (κ1) is 18.7. The Morgan fingerprint density at radius 2 is 1.93 bits per heavy atom. The number of hydrogen-bond donors (Lipinski definition) is 2. The molecule has 0 saturated carbocycles. The maximum absolute atomic E-state index is 12.3. The van der Waals surface area contributed by atoms with Crippen molar-refractivity contribution in [3.8, 4) is 5.75 Å². The molecule has 0 fully saturated rings. The van der Waals surface area contributed by atoms with Crippen molar-refractivity contribution in [1.82, 2.24) is 10.2 Å². The number of nitrogens with zero attached hydrogens (tertiary/aromatic N) is 2. The van der Waals surface area contributed by atoms with Gasteiger partial charge in [-0.05, 0) is 42.8 Å². The van der Waals surface area contributed by atoms with Gasteiger partial charge in [-0.25, -0.2) is 0 Å². The summed E-state index contributed by atoms with van der Waals surface area (Å²) in [5.74, 6) is 1.01. The number of methoxy groups -OCH3 is 1. The van der Waals surface area contributed by atoms with Gasteiger partial charge >= 0.3 is 0 Å². The molecule has 2 N–H and O–H groups in total. The van der Waals surface area contributed by atoms with E-state index >= 15 is 0 Å². The van der Waals surface area contributed by atoms with Crippen molar-refractivity contribution in [3.63, 3.8) is 0 Å². The summed E-state index contributed by atoms with van der Waals surface area (Å²) in [4.78, 5) is 12.3. The van der Waals surface area contributed by atoms with E-state index in [0.29, 0.717) is 23.1 Å². The smallest absolute Gasteiger partial charge is 0.276 e. The molecule has 1 aromatic heterocycles. The van der Waals surface area contributed by atoms with Gasteiger partial charge in [0.25, 0.3) is 5.91 Å². The van der Waals surface area contributed by atoms with Gasteiger partial charge in [-0.1, -0.05) is 35.9 Å². The quantitative estimate of drug-likeness (QED) is 0.664. The summed E-state index contributed by atoms with van der Waals surface area (Å²) in [5.41, 5.74) is 2.77. The van der Waals surface area contributed by atoms with E-state index in [4.69, 9.17) is 16.3 Å². The number of halogens is 1. The van der Waals surface area contributed by atoms with E-state index in [0.717, 1.165) is 16.9 Å². The Labute approximate surface area is 162 Å². The van der Waals surface area contributed by atoms with Gasteiger partial charge in [0.1, 0.15) is 11.6 Å². The van der Waals surface area contributed by atoms with Crippen LogP contribution in [0.1, 0.15) is 21.6 Å². The largest absolute Gasteiger partial charge is 0.496 e. The van der Waals surface area contributed by atoms with Gasteiger partial charge in [-0.3, -0.25) is 4.79 Å². The topological polar surface area (TPSA) is 76.1 Å². The normalized spacial score (nSPS) is 10.3. The predicted octanol–water partition coefficient (Wildman–Crippen LogP) is 4.31. The summed E-state index contributed by atoms with van der Waals surface area (Å²) in [6, 6.07) is 16.4. The first-order valence-electron chi connectivity index (χ1n) is 8.34. The van der Waals surface area contributed by atoms with Crippen molar-refractivity contribution < 1.29 is 9.53 Å². The SMILES string of the molecule is COc1ccccc1CNc1ccc(C(=O)Nc2ccc(C)c(Cl)c2)nn1. The molecule has 0 saturated heterocycles. The molecular formula is C20H19ClN4O2. The van der Waals surface area contributed by atoms with Crippen molar-refractivity contribution in [2.24, 2.45) is 0 Å². The molecule has 2 aromatic carbocycles. The van der Waals surface area contributed by atoms with Gasteiger partial charge in [0.2, 0.25) is 0 Å². The highest BCUT2D eigenvalue weighted by molar-refractivity contribution is 6.31. The van der Waals surface area contributed by atoms with Gasteiger partial charge in [-0.2, -0.15) is 0 Å². The minimum atomic E-state index is -0.348. The molecule has 0 radical (unpaired) electrons. The molecular weight excluding hydrogens is 364 g/mol. The molecule has 7 heteroatoms. The number of carbonyl (C=O) groups excluding carboxylic acids is 1. The minimum absolute atomic E-state index is 0.217. The summed E-state index contributed by atoms with van der Waals surface area (Å²) in [5, 5.41) is 14.5. The Morgan fingerprint density at radius 1 is 1.11 bits per heavy atom. The highest BCUT2D eigenvalue weighted by Gasteiger charge is 2.10. The van der Waals surface area contributed by atoms with Crippen LogP contribution in [0.3, 0.4) is 0 Å². The van der Waals surface area contributed by atoms with Crippen LogP contribution in [0.4, 0.5) is 11.5 Å². The zero-order valence-corrected chi connectivity index (χ0v) is 15.7. The minimum Gasteiger partial charge on any atom is -0.496 e. The second-order valence-electron chi connectivity index (χ2n) is 5.89. The number of aromatic nitrogens is 2. The van der Waals surface area contributed by atoms with Crippen molar-refractivity contribution >= 4 is 29.0 Å². The summed E-state index contributed by atoms with van der Waals surface area (Å²) in [7, 11) is 1.63. The Morgan fingerprint density at radius 3 is 2.63 bits per heavy atom. The summed E-state index contributed by atoms with van der Waals surface area (Å²) in [6.07, 6.45) is 0. The lowest BCUT2D eigenvalue weighted by Crippen LogP contribution is -2.15. The fraction of sp³-hybridized carbons (Fsp3) is 0.150. The third-order valence-electron chi connectivity index (χ3n) is 3.98. The number of carbonyl (C=O) groups is 1. The number of anilines is 2. The molecule has 3 rings (SSSR count). The van der Waals surface area contributed by atoms with Crippen LogP contribution in [0.2, 0.25) is 5.02 Å². The molecule has 0 aliphatic heterocycles. The average Bonchev–Trinajstić information content (AvgIpc) is 2.69. The highest BCUT2D eigenvalue weighted by Crippen LogP contribution is 2.21. The summed E-state index contributed by atoms with van der Waals surface area (Å²) < 4.78 is 5.32. The fourth-order valence-corrected chi connectivity index (χ4v) is 2.63. The molecule has 0 aliphatic rings. The lowest BCUT2D eigenvalue weighted by atomic mass is 10.2. The Hall–Kier alpha value is -3.12. The molecule has 0 bridgehead atoms. The van der Waals surface area contributed by atoms with Gasteiger partial charge in [-0.15, -0.1) is 10.2 Å². The average molecular weight is 383 g/mol. The van der Waals surface area contributed by atoms with Crippen LogP contribution in [-0.2, 0) is 6.54 Å². The summed E-state index contributed by atoms with van der Waals surface area (Å²) >= 11 is 6.07. The number of benzene rings is 2. The van der Waals surface area contributed by atoms with E-state index in [9.17, 15) is 4.79 Å². The lowest BCUT2D eigenvalue weighted by molar-refractivity contribution is 0.102. The number of nitrogens with one attached hydrogen (secondary N) is 2. The second kappa shape index (κ2) is 8.51. The monoisotopic (exact) mass is 382 g/mol. The van der Waals surface area contributed by atoms with Crippen LogP contribution in [0.15, 0.2) is 54.6 Å². The van der Waals surface area contributed by atoms with Crippen LogP contribution in [0.5, 0.6) is 5.75 Å². The van der Waals surface area contributed by atoms with Gasteiger partial charge in [0.15, 0.2) is 5.69 Å². The third kappa shape index (κ3) is 4.74. The van der Waals surface area contributed by atoms with E-state index in [1.54, 1.807) is 31.4 Å². The molecule has 3 aromatic rings. The van der Waals surface area contributed by atoms with E-state index in [-0.39, 0.29) is 11.6 Å². The zero-order valence-electron chi connectivity index (χ0n) is 15.0. The first-order valence-corrected chi connectivity index (χ1v) is 8.71. The van der Waals surface area contributed by atoms with Crippen molar-refractivity contribution in [2.75, 3.05) is 17.7 Å². The Bertz CT molecular complexity index is 945. The number of rotatable bonds is 6. The van der Waals surface area contributed by atoms with E-state index in [2.05, 4.69) is 20.8 Å². The predicted molar refractivity (Wildman–Crippen MR) is 106 cm³/mol. The highest BCUT2D eigenvalue weighted by atomic mass is 35.5. The van der Waals surface area contributed by atoms with Crippen LogP contribution in [0.25, 0.3) is 0 Å². The Kier molecular flexibility index (Phi) is 5.88. The van der Waals surface area contributed by atoms with Crippen molar-refractivity contribution in [3.05, 3.63) is 76.4 Å². The van der Waals surface area contributed by atoms with Crippen LogP contribution in [-0.4, -0.2) is 23.2 Å². The third-order valence-corrected chi connectivity index (χ3v) is 4.39. The van der Waals surface area contributed by atoms with Crippen molar-refractivity contribution in [1.29, 1.82) is 0 Å². The molecule has 0 spiro atoms. The molecule has 6 nitrogen and oxygen atoms in total. The number of ether oxygens (including phenoxy) is 1. The molecule has 27 heavy (non-hydrogen) atoms. The molecule has 138 valence electrons. The standard InChI is InChI=1S/C20H19ClN4O2/c1-13-7-8-15(11-16(13)21)23-20(26)17-9-10-19(25-24-17)22-12-14-5-3-4-6-18(14)27-2/h3-11H,12H2,1-2H3,(H,22,25)(H,23,26). The summed E-state index contributed by atoms with van der Waals surface area (Å²) in [6.45, 7) is 2.43. The van der Waals surface area contributed by atoms with Gasteiger partial charge < -0.3 is 15.4 Å². The number of hydrogen-bond acceptors (Lipinski definition) is 5. The fourth-order valence-electron chi connectivity index (χ4n) is 2.45. The number of aryl methyl sites for hydroxylation is 1. The van der Waals surface area contributed by atoms with Crippen LogP contribution in [0, 0.1) is 6.92 Å². The molecule has 0 aliphatic carbocycles. The van der Waals surface area contributed by atoms with Gasteiger partial charge in [0, 0.05) is 22.8 Å². The second-order valence-corrected chi connectivity index (χ2v) is 6.29. The molecule has 0 unspecified atom stereocenters. The van der Waals surface area contributed by atoms with Gasteiger partial charge in [0.05, 0.1) is 7.11 Å². The van der Waals surface area contributed by atoms with Crippen LogP contribution >= 0.6 is 11.6 Å². The first-order chi connectivity index (χ1) is 13.1. The van der Waals surface area contributed by atoms with E-state index < -0.39 is 0 Å². The molecule has 1 amide bonds. The van der Waals surface area contributed by atoms with Crippen molar-refractivity contribution in [2.45, 2.75) is 13.5 Å². The van der Waals surface area contributed by atoms with E-state index in [1.165, 1.54) is 0 Å². The maximum atomic E-state index is 12.3. The number of para-hydroxylation sites is 1. The number of amides is 1. The maximum Gasteiger partial charge on any atom is 0.276 e. The molecule has 0 atom stereocenters. The molecule has 1 heterocycles. The van der Waals surface area contributed by atoms with E-state index in [1.807, 2.05) is 37.3 Å². The lowest BCUT2D eigenvalue weighted by Gasteiger charge is -2.10. The Balaban J connectivity index is 1.62. The van der Waals surface area contributed by atoms with Crippen LogP contribution < -0.4 is 15.4 Å². The zero-order chi connectivity index (χ0) is 19.2.